The molecule has 0 unspecified atom stereocenters. The Balaban J connectivity index is 1.75. The summed E-state index contributed by atoms with van der Waals surface area (Å²) in [5.41, 5.74) is 1.13. The summed E-state index contributed by atoms with van der Waals surface area (Å²) in [5, 5.41) is 8.61. The number of rotatable bonds is 6. The number of benzene rings is 1. The summed E-state index contributed by atoms with van der Waals surface area (Å²) in [6, 6.07) is 13.5. The molecule has 0 N–H and O–H groups in total. The molecule has 1 aliphatic heterocycles. The molecule has 1 aliphatic rings. The van der Waals surface area contributed by atoms with Crippen LogP contribution in [0.3, 0.4) is 0 Å². The van der Waals surface area contributed by atoms with Crippen molar-refractivity contribution in [2.75, 3.05) is 6.54 Å². The van der Waals surface area contributed by atoms with Crippen LogP contribution in [0, 0.1) is 0 Å². The Morgan fingerprint density at radius 2 is 2.08 bits per heavy atom. The average Bonchev–Trinajstić information content (AvgIpc) is 3.20. The number of thioether (sulfide) groups is 1. The van der Waals surface area contributed by atoms with E-state index in [1.54, 1.807) is 29.4 Å². The topological polar surface area (TPSA) is 58.2 Å². The van der Waals surface area contributed by atoms with Gasteiger partial charge in [-0.3, -0.25) is 9.69 Å². The van der Waals surface area contributed by atoms with Crippen molar-refractivity contribution in [1.29, 1.82) is 0 Å². The minimum Gasteiger partial charge on any atom is -0.463 e. The summed E-state index contributed by atoms with van der Waals surface area (Å²) in [6.07, 6.45) is 5.45. The monoisotopic (exact) mass is 339 g/mol. The average molecular weight is 339 g/mol. The van der Waals surface area contributed by atoms with Gasteiger partial charge in [-0.2, -0.15) is 5.10 Å². The Hall–Kier alpha value is -2.60. The molecule has 6 heteroatoms. The second-order valence-electron chi connectivity index (χ2n) is 5.18. The highest BCUT2D eigenvalue weighted by molar-refractivity contribution is 8.15. The molecule has 2 aromatic rings. The zero-order valence-corrected chi connectivity index (χ0v) is 13.9. The van der Waals surface area contributed by atoms with Crippen molar-refractivity contribution < 1.29 is 9.21 Å². The van der Waals surface area contributed by atoms with Crippen LogP contribution in [0.1, 0.15) is 11.3 Å². The molecule has 3 rings (SSSR count). The number of hydrogen-bond donors (Lipinski definition) is 0. The minimum absolute atomic E-state index is 0.0377. The number of furan rings is 1. The van der Waals surface area contributed by atoms with Crippen LogP contribution in [0.5, 0.6) is 0 Å². The van der Waals surface area contributed by atoms with Crippen molar-refractivity contribution in [3.8, 4) is 0 Å². The summed E-state index contributed by atoms with van der Waals surface area (Å²) in [6.45, 7) is 4.13. The highest BCUT2D eigenvalue weighted by Crippen LogP contribution is 2.29. The highest BCUT2D eigenvalue weighted by Gasteiger charge is 2.37. The van der Waals surface area contributed by atoms with Gasteiger partial charge in [-0.25, -0.2) is 0 Å². The number of amides is 1. The maximum Gasteiger partial charge on any atom is 0.242 e. The summed E-state index contributed by atoms with van der Waals surface area (Å²) in [7, 11) is 0. The maximum absolute atomic E-state index is 12.6. The van der Waals surface area contributed by atoms with Crippen molar-refractivity contribution in [2.24, 2.45) is 10.2 Å². The molecule has 0 spiro atoms. The van der Waals surface area contributed by atoms with E-state index in [0.29, 0.717) is 23.9 Å². The summed E-state index contributed by atoms with van der Waals surface area (Å²) in [5.74, 6) is 0.653. The first-order valence-corrected chi connectivity index (χ1v) is 8.43. The van der Waals surface area contributed by atoms with Gasteiger partial charge in [0.2, 0.25) is 5.91 Å². The van der Waals surface area contributed by atoms with Gasteiger partial charge in [-0.15, -0.1) is 11.7 Å². The van der Waals surface area contributed by atoms with Crippen molar-refractivity contribution >= 4 is 29.1 Å². The first kappa shape index (κ1) is 16.3. The Labute approximate surface area is 144 Å². The Kier molecular flexibility index (Phi) is 5.28. The van der Waals surface area contributed by atoms with E-state index in [2.05, 4.69) is 16.8 Å². The fraction of sp³-hybridized carbons (Fsp3) is 0.167. The largest absolute Gasteiger partial charge is 0.463 e. The number of nitrogens with zero attached hydrogens (tertiary/aromatic N) is 3. The molecule has 1 atom stereocenters. The Bertz CT molecular complexity index is 754. The molecule has 1 aromatic heterocycles. The van der Waals surface area contributed by atoms with Gasteiger partial charge in [0.15, 0.2) is 5.17 Å². The summed E-state index contributed by atoms with van der Waals surface area (Å²) < 4.78 is 5.17. The molecular formula is C18H17N3O2S. The zero-order chi connectivity index (χ0) is 16.8. The van der Waals surface area contributed by atoms with Crippen LogP contribution in [0.4, 0.5) is 0 Å². The molecule has 1 aromatic carbocycles. The molecule has 122 valence electrons. The third kappa shape index (κ3) is 3.83. The molecule has 0 radical (unpaired) electrons. The fourth-order valence-electron chi connectivity index (χ4n) is 2.34. The van der Waals surface area contributed by atoms with Crippen molar-refractivity contribution in [3.63, 3.8) is 0 Å². The molecule has 2 heterocycles. The van der Waals surface area contributed by atoms with Crippen LogP contribution >= 0.6 is 11.8 Å². The second kappa shape index (κ2) is 7.79. The first-order valence-electron chi connectivity index (χ1n) is 7.55. The van der Waals surface area contributed by atoms with E-state index in [4.69, 9.17) is 4.42 Å². The van der Waals surface area contributed by atoms with E-state index < -0.39 is 0 Å². The van der Waals surface area contributed by atoms with Crippen LogP contribution in [0.15, 0.2) is 76.0 Å². The lowest BCUT2D eigenvalue weighted by Crippen LogP contribution is -2.32. The standard InChI is InChI=1S/C18H17N3O2S/c1-2-10-21-17(22)16(12-14-7-4-3-5-8-14)24-18(21)20-19-13-15-9-6-11-23-15/h2-9,11,13,16H,1,10,12H2/b19-13-,20-18-/t16-/m1/s1. The lowest BCUT2D eigenvalue weighted by atomic mass is 10.1. The molecule has 0 saturated carbocycles. The van der Waals surface area contributed by atoms with Gasteiger partial charge in [-0.05, 0) is 24.1 Å². The van der Waals surface area contributed by atoms with Gasteiger partial charge < -0.3 is 4.42 Å². The molecule has 5 nitrogen and oxygen atoms in total. The van der Waals surface area contributed by atoms with Crippen molar-refractivity contribution in [2.45, 2.75) is 11.7 Å². The number of carbonyl (C=O) groups is 1. The predicted molar refractivity (Wildman–Crippen MR) is 97.2 cm³/mol. The van der Waals surface area contributed by atoms with E-state index in [1.165, 1.54) is 18.0 Å². The first-order chi connectivity index (χ1) is 11.8. The van der Waals surface area contributed by atoms with Gasteiger partial charge >= 0.3 is 0 Å². The number of amidine groups is 1. The van der Waals surface area contributed by atoms with Crippen molar-refractivity contribution in [3.05, 3.63) is 72.7 Å². The molecular weight excluding hydrogens is 322 g/mol. The van der Waals surface area contributed by atoms with Crippen molar-refractivity contribution in [1.82, 2.24) is 4.90 Å². The maximum atomic E-state index is 12.6. The third-order valence-electron chi connectivity index (χ3n) is 3.47. The van der Waals surface area contributed by atoms with Gasteiger partial charge in [-0.1, -0.05) is 48.2 Å². The molecule has 1 fully saturated rings. The Morgan fingerprint density at radius 3 is 2.79 bits per heavy atom. The van der Waals surface area contributed by atoms with Crippen LogP contribution in [0.2, 0.25) is 0 Å². The normalized spacial score (nSPS) is 19.5. The van der Waals surface area contributed by atoms with Crippen LogP contribution in [-0.2, 0) is 11.2 Å². The second-order valence-corrected chi connectivity index (χ2v) is 6.35. The van der Waals surface area contributed by atoms with Gasteiger partial charge in [0.25, 0.3) is 0 Å². The predicted octanol–water partition coefficient (Wildman–Crippen LogP) is 3.34. The smallest absolute Gasteiger partial charge is 0.242 e. The lowest BCUT2D eigenvalue weighted by molar-refractivity contribution is -0.125. The van der Waals surface area contributed by atoms with Gasteiger partial charge in [0.05, 0.1) is 17.7 Å². The SMILES string of the molecule is C=CCN1C(=O)[C@@H](Cc2ccccc2)S/C1=N\N=C/c1ccco1. The molecule has 1 saturated heterocycles. The van der Waals surface area contributed by atoms with E-state index in [9.17, 15) is 4.79 Å². The third-order valence-corrected chi connectivity index (χ3v) is 4.63. The van der Waals surface area contributed by atoms with Gasteiger partial charge in [0, 0.05) is 6.54 Å². The number of hydrogen-bond acceptors (Lipinski definition) is 5. The van der Waals surface area contributed by atoms with E-state index >= 15 is 0 Å². The zero-order valence-electron chi connectivity index (χ0n) is 13.0. The summed E-state index contributed by atoms with van der Waals surface area (Å²) >= 11 is 1.43. The fourth-order valence-corrected chi connectivity index (χ4v) is 3.49. The van der Waals surface area contributed by atoms with Crippen LogP contribution in [0.25, 0.3) is 0 Å². The van der Waals surface area contributed by atoms with Crippen LogP contribution < -0.4 is 0 Å². The summed E-state index contributed by atoms with van der Waals surface area (Å²) in [4.78, 5) is 14.2. The lowest BCUT2D eigenvalue weighted by Gasteiger charge is -2.12. The molecule has 1 amide bonds. The quantitative estimate of drug-likeness (QED) is 0.461. The van der Waals surface area contributed by atoms with Gasteiger partial charge in [0.1, 0.15) is 5.76 Å². The Morgan fingerprint density at radius 1 is 1.25 bits per heavy atom. The molecule has 24 heavy (non-hydrogen) atoms. The minimum atomic E-state index is -0.190. The van der Waals surface area contributed by atoms with Crippen LogP contribution in [-0.4, -0.2) is 34.0 Å². The molecule has 0 bridgehead atoms. The number of carbonyl (C=O) groups excluding carboxylic acids is 1. The van der Waals surface area contributed by atoms with E-state index in [0.717, 1.165) is 5.56 Å². The van der Waals surface area contributed by atoms with E-state index in [1.807, 2.05) is 30.3 Å². The highest BCUT2D eigenvalue weighted by atomic mass is 32.2. The molecule has 0 aliphatic carbocycles. The van der Waals surface area contributed by atoms with E-state index in [-0.39, 0.29) is 11.2 Å².